The lowest BCUT2D eigenvalue weighted by atomic mass is 10.0. The summed E-state index contributed by atoms with van der Waals surface area (Å²) >= 11 is 17.5. The maximum absolute atomic E-state index is 9.19. The molecule has 2 nitrogen and oxygen atoms in total. The van der Waals surface area contributed by atoms with E-state index in [9.17, 15) is 5.26 Å². The predicted molar refractivity (Wildman–Crippen MR) is 81.5 cm³/mol. The zero-order chi connectivity index (χ0) is 14.5. The zero-order valence-electron chi connectivity index (χ0n) is 10.9. The molecule has 0 aliphatic carbocycles. The maximum Gasteiger partial charge on any atom is 0.193 e. The molecule has 0 radical (unpaired) electrons. The second-order valence-electron chi connectivity index (χ2n) is 4.66. The Morgan fingerprint density at radius 2 is 1.79 bits per heavy atom. The van der Waals surface area contributed by atoms with Gasteiger partial charge in [0.1, 0.15) is 0 Å². The van der Waals surface area contributed by atoms with Gasteiger partial charge in [0.05, 0.1) is 12.1 Å². The summed E-state index contributed by atoms with van der Waals surface area (Å²) in [5.41, 5.74) is 1.13. The molecule has 0 fully saturated rings. The molecule has 0 spiro atoms. The van der Waals surface area contributed by atoms with Crippen LogP contribution in [-0.2, 0) is 0 Å². The van der Waals surface area contributed by atoms with Gasteiger partial charge in [0.25, 0.3) is 0 Å². The number of nitriles is 1. The van der Waals surface area contributed by atoms with Crippen LogP contribution >= 0.6 is 34.8 Å². The minimum atomic E-state index is -1.34. The predicted octanol–water partition coefficient (Wildman–Crippen LogP) is 4.63. The molecule has 0 saturated carbocycles. The van der Waals surface area contributed by atoms with Crippen molar-refractivity contribution in [3.63, 3.8) is 0 Å². The lowest BCUT2D eigenvalue weighted by Crippen LogP contribution is -2.34. The largest absolute Gasteiger partial charge is 0.295 e. The minimum Gasteiger partial charge on any atom is -0.295 e. The van der Waals surface area contributed by atoms with Gasteiger partial charge < -0.3 is 0 Å². The van der Waals surface area contributed by atoms with E-state index in [0.29, 0.717) is 6.42 Å². The molecule has 0 bridgehead atoms. The van der Waals surface area contributed by atoms with Crippen LogP contribution in [0, 0.1) is 17.2 Å². The van der Waals surface area contributed by atoms with Crippen LogP contribution in [0.1, 0.15) is 31.9 Å². The third-order valence-corrected chi connectivity index (χ3v) is 4.17. The molecule has 5 heteroatoms. The number of nitrogens with one attached hydrogen (secondary N) is 1. The van der Waals surface area contributed by atoms with Crippen molar-refractivity contribution in [2.45, 2.75) is 36.1 Å². The van der Waals surface area contributed by atoms with Crippen LogP contribution in [0.5, 0.6) is 0 Å². The fourth-order valence-corrected chi connectivity index (χ4v) is 2.05. The van der Waals surface area contributed by atoms with Gasteiger partial charge in [-0.3, -0.25) is 5.32 Å². The number of halogens is 3. The van der Waals surface area contributed by atoms with Gasteiger partial charge in [-0.25, -0.2) is 0 Å². The highest BCUT2D eigenvalue weighted by molar-refractivity contribution is 6.67. The topological polar surface area (TPSA) is 35.8 Å². The van der Waals surface area contributed by atoms with Crippen LogP contribution in [0.3, 0.4) is 0 Å². The quantitative estimate of drug-likeness (QED) is 0.803. The second kappa shape index (κ2) is 7.36. The Morgan fingerprint density at radius 1 is 1.21 bits per heavy atom. The highest BCUT2D eigenvalue weighted by atomic mass is 35.6. The van der Waals surface area contributed by atoms with E-state index in [1.165, 1.54) is 0 Å². The van der Waals surface area contributed by atoms with E-state index in [1.54, 1.807) is 0 Å². The summed E-state index contributed by atoms with van der Waals surface area (Å²) in [6, 6.07) is 11.9. The van der Waals surface area contributed by atoms with Gasteiger partial charge in [0.2, 0.25) is 0 Å². The first-order chi connectivity index (χ1) is 8.84. The van der Waals surface area contributed by atoms with Crippen molar-refractivity contribution in [3.8, 4) is 6.07 Å². The molecule has 0 saturated heterocycles. The Morgan fingerprint density at radius 3 is 2.26 bits per heavy atom. The van der Waals surface area contributed by atoms with Crippen molar-refractivity contribution < 1.29 is 0 Å². The zero-order valence-corrected chi connectivity index (χ0v) is 13.2. The van der Waals surface area contributed by atoms with E-state index in [4.69, 9.17) is 34.8 Å². The molecule has 0 heterocycles. The Hall–Kier alpha value is -0.460. The monoisotopic (exact) mass is 318 g/mol. The summed E-state index contributed by atoms with van der Waals surface area (Å²) in [5, 5.41) is 12.4. The lowest BCUT2D eigenvalue weighted by molar-refractivity contribution is 0.426. The van der Waals surface area contributed by atoms with Crippen molar-refractivity contribution in [2.75, 3.05) is 0 Å². The van der Waals surface area contributed by atoms with Gasteiger partial charge in [-0.2, -0.15) is 5.26 Å². The number of hydrogen-bond acceptors (Lipinski definition) is 2. The van der Waals surface area contributed by atoms with Gasteiger partial charge in [0, 0.05) is 12.0 Å². The van der Waals surface area contributed by atoms with Crippen LogP contribution in [0.25, 0.3) is 0 Å². The van der Waals surface area contributed by atoms with Gasteiger partial charge in [0.15, 0.2) is 3.79 Å². The normalized spacial score (nSPS) is 16.4. The molecular formula is C14H17Cl3N2. The molecule has 0 amide bonds. The number of nitrogens with zero attached hydrogens (tertiary/aromatic N) is 1. The molecule has 104 valence electrons. The standard InChI is InChI=1S/C14H17Cl3N2/c1-10(14(15,16)17)8-13(9-18)19-11(2)12-6-4-3-5-7-12/h3-7,10-11,13,19H,8H2,1-2H3/t10-,11-,13+/m1/s1. The molecular weight excluding hydrogens is 303 g/mol. The first-order valence-electron chi connectivity index (χ1n) is 6.12. The average molecular weight is 320 g/mol. The van der Waals surface area contributed by atoms with E-state index >= 15 is 0 Å². The number of hydrogen-bond donors (Lipinski definition) is 1. The summed E-state index contributed by atoms with van der Waals surface area (Å²) in [4.78, 5) is 0. The third-order valence-electron chi connectivity index (χ3n) is 3.05. The SMILES string of the molecule is C[C@H](C[C@@H](C#N)N[C@H](C)c1ccccc1)C(Cl)(Cl)Cl. The van der Waals surface area contributed by atoms with E-state index in [-0.39, 0.29) is 18.0 Å². The van der Waals surface area contributed by atoms with Gasteiger partial charge in [-0.05, 0) is 18.9 Å². The van der Waals surface area contributed by atoms with Crippen LogP contribution in [0.4, 0.5) is 0 Å². The molecule has 1 N–H and O–H groups in total. The average Bonchev–Trinajstić information content (AvgIpc) is 2.37. The molecule has 19 heavy (non-hydrogen) atoms. The van der Waals surface area contributed by atoms with Crippen LogP contribution < -0.4 is 5.32 Å². The van der Waals surface area contributed by atoms with Crippen LogP contribution in [-0.4, -0.2) is 9.83 Å². The molecule has 3 atom stereocenters. The van der Waals surface area contributed by atoms with Crippen LogP contribution in [0.15, 0.2) is 30.3 Å². The fourth-order valence-electron chi connectivity index (χ4n) is 1.78. The molecule has 0 unspecified atom stereocenters. The summed E-state index contributed by atoms with van der Waals surface area (Å²) in [7, 11) is 0. The lowest BCUT2D eigenvalue weighted by Gasteiger charge is -2.25. The molecule has 1 aromatic rings. The molecule has 0 aromatic heterocycles. The fraction of sp³-hybridized carbons (Fsp3) is 0.500. The Labute approximate surface area is 129 Å². The first kappa shape index (κ1) is 16.6. The van der Waals surface area contributed by atoms with Crippen LogP contribution in [0.2, 0.25) is 0 Å². The van der Waals surface area contributed by atoms with E-state index in [0.717, 1.165) is 5.56 Å². The van der Waals surface area contributed by atoms with Crippen molar-refractivity contribution >= 4 is 34.8 Å². The van der Waals surface area contributed by atoms with Crippen molar-refractivity contribution in [1.29, 1.82) is 5.26 Å². The van der Waals surface area contributed by atoms with Crippen molar-refractivity contribution in [1.82, 2.24) is 5.32 Å². The summed E-state index contributed by atoms with van der Waals surface area (Å²) in [5.74, 6) is -0.197. The van der Waals surface area contributed by atoms with Gasteiger partial charge >= 0.3 is 0 Å². The van der Waals surface area contributed by atoms with Crippen molar-refractivity contribution in [2.24, 2.45) is 5.92 Å². The number of alkyl halides is 3. The van der Waals surface area contributed by atoms with Gasteiger partial charge in [-0.1, -0.05) is 72.1 Å². The molecule has 0 aliphatic rings. The first-order valence-corrected chi connectivity index (χ1v) is 7.25. The highest BCUT2D eigenvalue weighted by Gasteiger charge is 2.31. The smallest absolute Gasteiger partial charge is 0.193 e. The third kappa shape index (κ3) is 5.58. The second-order valence-corrected chi connectivity index (χ2v) is 7.03. The molecule has 1 rings (SSSR count). The number of rotatable bonds is 5. The highest BCUT2D eigenvalue weighted by Crippen LogP contribution is 2.37. The summed E-state index contributed by atoms with van der Waals surface area (Å²) in [6.45, 7) is 3.84. The Kier molecular flexibility index (Phi) is 6.42. The van der Waals surface area contributed by atoms with E-state index < -0.39 is 3.79 Å². The Balaban J connectivity index is 2.61. The summed E-state index contributed by atoms with van der Waals surface area (Å²) < 4.78 is -1.34. The number of benzene rings is 1. The van der Waals surface area contributed by atoms with Gasteiger partial charge in [-0.15, -0.1) is 0 Å². The van der Waals surface area contributed by atoms with Crippen molar-refractivity contribution in [3.05, 3.63) is 35.9 Å². The maximum atomic E-state index is 9.19. The minimum absolute atomic E-state index is 0.0772. The summed E-state index contributed by atoms with van der Waals surface area (Å²) in [6.07, 6.45) is 0.490. The molecule has 1 aromatic carbocycles. The van der Waals surface area contributed by atoms with E-state index in [2.05, 4.69) is 11.4 Å². The van der Waals surface area contributed by atoms with E-state index in [1.807, 2.05) is 44.2 Å². The molecule has 0 aliphatic heterocycles. The Bertz CT molecular complexity index is 423.